The molecule has 2 N–H and O–H groups in total. The van der Waals surface area contributed by atoms with E-state index < -0.39 is 5.97 Å². The van der Waals surface area contributed by atoms with Crippen molar-refractivity contribution < 1.29 is 15.0 Å². The minimum Gasteiger partial charge on any atom is -0.504 e. The molecule has 0 radical (unpaired) electrons. The van der Waals surface area contributed by atoms with Gasteiger partial charge in [0.1, 0.15) is 0 Å². The van der Waals surface area contributed by atoms with Gasteiger partial charge in [-0.1, -0.05) is 36.4 Å². The minimum absolute atomic E-state index is 0.347. The zero-order valence-corrected chi connectivity index (χ0v) is 9.82. The number of carboxylic acid groups (broad SMARTS) is 1. The molecular weight excluding hydrogens is 244 g/mol. The van der Waals surface area contributed by atoms with Gasteiger partial charge in [0.15, 0.2) is 5.75 Å². The number of carboxylic acids is 1. The van der Waals surface area contributed by atoms with Crippen molar-refractivity contribution in [3.63, 3.8) is 0 Å². The summed E-state index contributed by atoms with van der Waals surface area (Å²) in [6.45, 7) is 0. The highest BCUT2D eigenvalue weighted by molar-refractivity contribution is 5.91. The Bertz CT molecular complexity index is 772. The van der Waals surface area contributed by atoms with Crippen molar-refractivity contribution in [3.8, 4) is 11.4 Å². The third-order valence-electron chi connectivity index (χ3n) is 2.91. The molecule has 3 rings (SSSR count). The summed E-state index contributed by atoms with van der Waals surface area (Å²) in [7, 11) is 0. The highest BCUT2D eigenvalue weighted by atomic mass is 16.4. The van der Waals surface area contributed by atoms with Crippen molar-refractivity contribution in [1.82, 2.24) is 9.78 Å². The topological polar surface area (TPSA) is 75.3 Å². The molecule has 0 saturated carbocycles. The lowest BCUT2D eigenvalue weighted by Crippen LogP contribution is -2.01. The van der Waals surface area contributed by atoms with Gasteiger partial charge >= 0.3 is 5.97 Å². The fourth-order valence-electron chi connectivity index (χ4n) is 2.05. The average molecular weight is 254 g/mol. The third-order valence-corrected chi connectivity index (χ3v) is 2.91. The minimum atomic E-state index is -1.25. The van der Waals surface area contributed by atoms with Gasteiger partial charge in [-0.15, -0.1) is 0 Å². The molecule has 5 heteroatoms. The standard InChI is InChI=1S/C14H10N2O3/c17-12-8-16(15-13(12)14(18)19)11-7-3-5-9-4-1-2-6-10(9)11/h1-8,17H,(H,18,19). The number of hydrogen-bond acceptors (Lipinski definition) is 3. The van der Waals surface area contributed by atoms with E-state index in [1.807, 2.05) is 42.5 Å². The Kier molecular flexibility index (Phi) is 2.45. The Balaban J connectivity index is 2.25. The van der Waals surface area contributed by atoms with E-state index in [0.29, 0.717) is 0 Å². The van der Waals surface area contributed by atoms with Crippen LogP contribution in [-0.2, 0) is 0 Å². The molecule has 0 aliphatic heterocycles. The SMILES string of the molecule is O=C(O)c1nn(-c2cccc3ccccc23)cc1O. The zero-order valence-electron chi connectivity index (χ0n) is 9.82. The Hall–Kier alpha value is -2.82. The molecule has 1 aromatic heterocycles. The van der Waals surface area contributed by atoms with Crippen LogP contribution in [0.15, 0.2) is 48.7 Å². The second-order valence-corrected chi connectivity index (χ2v) is 4.11. The lowest BCUT2D eigenvalue weighted by molar-refractivity contribution is 0.0687. The summed E-state index contributed by atoms with van der Waals surface area (Å²) in [5.41, 5.74) is 0.369. The summed E-state index contributed by atoms with van der Waals surface area (Å²) in [6, 6.07) is 13.3. The average Bonchev–Trinajstić information content (AvgIpc) is 2.80. The van der Waals surface area contributed by atoms with E-state index >= 15 is 0 Å². The molecule has 1 heterocycles. The number of fused-ring (bicyclic) bond motifs is 1. The highest BCUT2D eigenvalue weighted by Crippen LogP contribution is 2.24. The van der Waals surface area contributed by atoms with Gasteiger partial charge in [0.25, 0.3) is 0 Å². The number of nitrogens with zero attached hydrogens (tertiary/aromatic N) is 2. The van der Waals surface area contributed by atoms with Crippen LogP contribution in [0.3, 0.4) is 0 Å². The molecule has 0 spiro atoms. The first-order valence-electron chi connectivity index (χ1n) is 5.67. The number of carbonyl (C=O) groups is 1. The van der Waals surface area contributed by atoms with Crippen molar-refractivity contribution in [2.24, 2.45) is 0 Å². The normalized spacial score (nSPS) is 10.7. The van der Waals surface area contributed by atoms with Crippen LogP contribution in [0.1, 0.15) is 10.5 Å². The number of aromatic hydroxyl groups is 1. The monoisotopic (exact) mass is 254 g/mol. The van der Waals surface area contributed by atoms with E-state index in [2.05, 4.69) is 5.10 Å². The molecule has 0 aliphatic rings. The molecule has 0 atom stereocenters. The predicted octanol–water partition coefficient (Wildman–Crippen LogP) is 2.43. The molecule has 0 amide bonds. The largest absolute Gasteiger partial charge is 0.504 e. The van der Waals surface area contributed by atoms with Gasteiger partial charge in [0.05, 0.1) is 11.9 Å². The van der Waals surface area contributed by atoms with E-state index in [0.717, 1.165) is 16.5 Å². The second kappa shape index (κ2) is 4.13. The summed E-state index contributed by atoms with van der Waals surface area (Å²) in [6.07, 6.45) is 1.30. The fourth-order valence-corrected chi connectivity index (χ4v) is 2.05. The van der Waals surface area contributed by atoms with Crippen molar-refractivity contribution in [2.45, 2.75) is 0 Å². The van der Waals surface area contributed by atoms with Crippen LogP contribution in [0.4, 0.5) is 0 Å². The number of hydrogen-bond donors (Lipinski definition) is 2. The Morgan fingerprint density at radius 2 is 1.84 bits per heavy atom. The molecule has 0 saturated heterocycles. The van der Waals surface area contributed by atoms with E-state index in [-0.39, 0.29) is 11.4 Å². The molecule has 19 heavy (non-hydrogen) atoms. The number of aromatic nitrogens is 2. The summed E-state index contributed by atoms with van der Waals surface area (Å²) in [5, 5.41) is 24.3. The van der Waals surface area contributed by atoms with Crippen molar-refractivity contribution in [2.75, 3.05) is 0 Å². The van der Waals surface area contributed by atoms with Gasteiger partial charge < -0.3 is 10.2 Å². The van der Waals surface area contributed by atoms with Crippen molar-refractivity contribution in [1.29, 1.82) is 0 Å². The van der Waals surface area contributed by atoms with E-state index in [1.54, 1.807) is 0 Å². The van der Waals surface area contributed by atoms with Crippen LogP contribution in [0, 0.1) is 0 Å². The Labute approximate surface area is 108 Å². The summed E-state index contributed by atoms with van der Waals surface area (Å²) >= 11 is 0. The summed E-state index contributed by atoms with van der Waals surface area (Å²) in [4.78, 5) is 10.9. The number of benzene rings is 2. The van der Waals surface area contributed by atoms with Gasteiger partial charge in [-0.25, -0.2) is 9.48 Å². The van der Waals surface area contributed by atoms with Gasteiger partial charge in [0.2, 0.25) is 5.69 Å². The Morgan fingerprint density at radius 1 is 1.11 bits per heavy atom. The first kappa shape index (κ1) is 11.3. The molecule has 0 unspecified atom stereocenters. The van der Waals surface area contributed by atoms with Crippen molar-refractivity contribution in [3.05, 3.63) is 54.4 Å². The molecule has 0 aliphatic carbocycles. The quantitative estimate of drug-likeness (QED) is 0.736. The molecular formula is C14H10N2O3. The molecule has 5 nitrogen and oxygen atoms in total. The van der Waals surface area contributed by atoms with Gasteiger partial charge in [-0.2, -0.15) is 5.10 Å². The molecule has 3 aromatic rings. The molecule has 0 bridgehead atoms. The maximum Gasteiger partial charge on any atom is 0.360 e. The maximum absolute atomic E-state index is 10.9. The van der Waals surface area contributed by atoms with E-state index in [9.17, 15) is 9.90 Å². The lowest BCUT2D eigenvalue weighted by atomic mass is 10.1. The summed E-state index contributed by atoms with van der Waals surface area (Å²) in [5.74, 6) is -1.60. The third kappa shape index (κ3) is 1.81. The highest BCUT2D eigenvalue weighted by Gasteiger charge is 2.16. The predicted molar refractivity (Wildman–Crippen MR) is 69.7 cm³/mol. The molecule has 2 aromatic carbocycles. The fraction of sp³-hybridized carbons (Fsp3) is 0. The van der Waals surface area contributed by atoms with E-state index in [1.165, 1.54) is 10.9 Å². The van der Waals surface area contributed by atoms with Gasteiger partial charge in [-0.05, 0) is 11.5 Å². The number of aromatic carboxylic acids is 1. The van der Waals surface area contributed by atoms with Crippen LogP contribution >= 0.6 is 0 Å². The molecule has 94 valence electrons. The zero-order chi connectivity index (χ0) is 13.4. The van der Waals surface area contributed by atoms with Crippen LogP contribution in [0.5, 0.6) is 5.75 Å². The first-order valence-corrected chi connectivity index (χ1v) is 5.67. The number of rotatable bonds is 2. The first-order chi connectivity index (χ1) is 9.16. The summed E-state index contributed by atoms with van der Waals surface area (Å²) < 4.78 is 1.38. The van der Waals surface area contributed by atoms with Gasteiger partial charge in [-0.3, -0.25) is 0 Å². The van der Waals surface area contributed by atoms with Crippen LogP contribution < -0.4 is 0 Å². The molecule has 0 fully saturated rings. The lowest BCUT2D eigenvalue weighted by Gasteiger charge is -2.05. The maximum atomic E-state index is 10.9. The van der Waals surface area contributed by atoms with Crippen LogP contribution in [0.25, 0.3) is 16.5 Å². The van der Waals surface area contributed by atoms with Crippen LogP contribution in [-0.4, -0.2) is 26.0 Å². The second-order valence-electron chi connectivity index (χ2n) is 4.11. The van der Waals surface area contributed by atoms with Gasteiger partial charge in [0, 0.05) is 5.39 Å². The smallest absolute Gasteiger partial charge is 0.360 e. The Morgan fingerprint density at radius 3 is 2.58 bits per heavy atom. The van der Waals surface area contributed by atoms with Crippen LogP contribution in [0.2, 0.25) is 0 Å². The van der Waals surface area contributed by atoms with Crippen molar-refractivity contribution >= 4 is 16.7 Å². The van der Waals surface area contributed by atoms with E-state index in [4.69, 9.17) is 5.11 Å².